The van der Waals surface area contributed by atoms with Crippen LogP contribution in [0.25, 0.3) is 0 Å². The molecule has 1 saturated heterocycles. The van der Waals surface area contributed by atoms with Gasteiger partial charge in [-0.2, -0.15) is 8.42 Å². The van der Waals surface area contributed by atoms with Crippen molar-refractivity contribution in [2.75, 3.05) is 13.1 Å². The molecule has 1 aliphatic heterocycles. The molecular weight excluding hydrogens is 203 g/mol. The summed E-state index contributed by atoms with van der Waals surface area (Å²) in [6, 6.07) is 0. The maximum atomic E-state index is 12.5. The van der Waals surface area contributed by atoms with Gasteiger partial charge in [0.15, 0.2) is 0 Å². The molecule has 1 amide bonds. The van der Waals surface area contributed by atoms with Crippen LogP contribution in [0.1, 0.15) is 6.42 Å². The fraction of sp³-hybridized carbons (Fsp3) is 0.800. The normalized spacial score (nSPS) is 22.7. The molecule has 0 aromatic carbocycles. The van der Waals surface area contributed by atoms with Crippen LogP contribution in [-0.4, -0.2) is 38.8 Å². The number of carbonyl (C=O) groups is 1. The van der Waals surface area contributed by atoms with Crippen molar-refractivity contribution in [1.82, 2.24) is 5.06 Å². The number of hydroxylamine groups is 2. The van der Waals surface area contributed by atoms with E-state index in [0.29, 0.717) is 0 Å². The molecule has 74 valence electrons. The second-order valence-corrected chi connectivity index (χ2v) is 3.06. The molecule has 1 fully saturated rings. The fourth-order valence-corrected chi connectivity index (χ4v) is 1.11. The first-order valence-electron chi connectivity index (χ1n) is 3.50. The van der Waals surface area contributed by atoms with E-state index in [-0.39, 0.29) is 19.5 Å². The van der Waals surface area contributed by atoms with Crippen LogP contribution in [0.15, 0.2) is 4.36 Å². The van der Waals surface area contributed by atoms with E-state index in [0.717, 1.165) is 5.06 Å². The highest BCUT2D eigenvalue weighted by Crippen LogP contribution is 2.12. The highest BCUT2D eigenvalue weighted by Gasteiger charge is 2.24. The SMILES string of the molecule is O=C(N=S(=O)=O)ON1CCC(F)C1. The van der Waals surface area contributed by atoms with Crippen LogP contribution >= 0.6 is 0 Å². The lowest BCUT2D eigenvalue weighted by Gasteiger charge is -2.10. The minimum absolute atomic E-state index is 0.0350. The molecule has 0 aliphatic carbocycles. The van der Waals surface area contributed by atoms with E-state index in [9.17, 15) is 17.6 Å². The first kappa shape index (κ1) is 10.1. The smallest absolute Gasteiger partial charge is 0.349 e. The Labute approximate surface area is 74.9 Å². The second kappa shape index (κ2) is 4.28. The summed E-state index contributed by atoms with van der Waals surface area (Å²) in [6.07, 6.45) is -2.01. The largest absolute Gasteiger partial charge is 0.467 e. The van der Waals surface area contributed by atoms with Gasteiger partial charge in [0.05, 0.1) is 6.54 Å². The maximum absolute atomic E-state index is 12.5. The Hall–Kier alpha value is -1.02. The van der Waals surface area contributed by atoms with Gasteiger partial charge in [-0.05, 0) is 6.42 Å². The van der Waals surface area contributed by atoms with Crippen LogP contribution in [0.4, 0.5) is 9.18 Å². The van der Waals surface area contributed by atoms with Crippen LogP contribution in [-0.2, 0) is 15.3 Å². The van der Waals surface area contributed by atoms with Crippen molar-refractivity contribution in [1.29, 1.82) is 0 Å². The fourth-order valence-electron chi connectivity index (χ4n) is 0.958. The predicted molar refractivity (Wildman–Crippen MR) is 38.9 cm³/mol. The third-order valence-electron chi connectivity index (χ3n) is 1.45. The Bertz CT molecular complexity index is 319. The molecule has 1 heterocycles. The van der Waals surface area contributed by atoms with E-state index in [4.69, 9.17) is 0 Å². The van der Waals surface area contributed by atoms with Crippen LogP contribution in [0, 0.1) is 0 Å². The van der Waals surface area contributed by atoms with E-state index in [1.807, 2.05) is 0 Å². The van der Waals surface area contributed by atoms with E-state index in [2.05, 4.69) is 9.20 Å². The van der Waals surface area contributed by atoms with Gasteiger partial charge in [-0.25, -0.2) is 9.18 Å². The Kier molecular flexibility index (Phi) is 3.32. The summed E-state index contributed by atoms with van der Waals surface area (Å²) < 4.78 is 34.8. The molecule has 0 radical (unpaired) electrons. The highest BCUT2D eigenvalue weighted by atomic mass is 32.2. The molecule has 6 nitrogen and oxygen atoms in total. The summed E-state index contributed by atoms with van der Waals surface area (Å²) in [5, 5.41) is 1.04. The summed E-state index contributed by atoms with van der Waals surface area (Å²) in [5.41, 5.74) is 0. The lowest BCUT2D eigenvalue weighted by molar-refractivity contribution is -0.0794. The summed E-state index contributed by atoms with van der Waals surface area (Å²) in [4.78, 5) is 15.0. The minimum Gasteiger partial charge on any atom is -0.349 e. The van der Waals surface area contributed by atoms with Crippen molar-refractivity contribution >= 4 is 16.6 Å². The Morgan fingerprint density at radius 1 is 1.62 bits per heavy atom. The van der Waals surface area contributed by atoms with Crippen LogP contribution < -0.4 is 0 Å². The zero-order chi connectivity index (χ0) is 9.84. The number of nitrogens with zero attached hydrogens (tertiary/aromatic N) is 2. The molecular formula is C5H7FN2O4S. The standard InChI is InChI=1S/C5H7FN2O4S/c6-4-1-2-8(3-4)12-5(9)7-13(10)11/h4H,1-3H2. The van der Waals surface area contributed by atoms with Crippen molar-refractivity contribution in [3.05, 3.63) is 0 Å². The predicted octanol–water partition coefficient (Wildman–Crippen LogP) is 0.145. The number of hydrogen-bond donors (Lipinski definition) is 0. The van der Waals surface area contributed by atoms with Gasteiger partial charge >= 0.3 is 16.6 Å². The molecule has 1 unspecified atom stereocenters. The van der Waals surface area contributed by atoms with Gasteiger partial charge in [0, 0.05) is 6.54 Å². The zero-order valence-electron chi connectivity index (χ0n) is 6.51. The van der Waals surface area contributed by atoms with E-state index in [1.165, 1.54) is 0 Å². The van der Waals surface area contributed by atoms with Gasteiger partial charge in [0.1, 0.15) is 6.17 Å². The average molecular weight is 210 g/mol. The Morgan fingerprint density at radius 3 is 2.77 bits per heavy atom. The van der Waals surface area contributed by atoms with Gasteiger partial charge in [-0.15, -0.1) is 5.06 Å². The zero-order valence-corrected chi connectivity index (χ0v) is 7.33. The number of amides is 1. The second-order valence-electron chi connectivity index (χ2n) is 2.44. The quantitative estimate of drug-likeness (QED) is 0.615. The number of halogens is 1. The molecule has 0 aromatic rings. The monoisotopic (exact) mass is 210 g/mol. The highest BCUT2D eigenvalue weighted by molar-refractivity contribution is 7.62. The summed E-state index contributed by atoms with van der Waals surface area (Å²) in [7, 11) is -2.82. The third-order valence-corrected chi connectivity index (χ3v) is 1.75. The molecule has 0 bridgehead atoms. The first-order chi connectivity index (χ1) is 6.08. The molecule has 0 aromatic heterocycles. The van der Waals surface area contributed by atoms with E-state index in [1.54, 1.807) is 0 Å². The summed E-state index contributed by atoms with van der Waals surface area (Å²) in [5.74, 6) is 0. The Morgan fingerprint density at radius 2 is 2.31 bits per heavy atom. The van der Waals surface area contributed by atoms with Crippen molar-refractivity contribution < 1.29 is 22.4 Å². The van der Waals surface area contributed by atoms with Crippen LogP contribution in [0.5, 0.6) is 0 Å². The van der Waals surface area contributed by atoms with Crippen molar-refractivity contribution in [3.8, 4) is 0 Å². The number of hydrogen-bond acceptors (Lipinski definition) is 5. The summed E-state index contributed by atoms with van der Waals surface area (Å²) in [6.45, 7) is 0.223. The molecule has 1 aliphatic rings. The van der Waals surface area contributed by atoms with Crippen molar-refractivity contribution in [2.45, 2.75) is 12.6 Å². The van der Waals surface area contributed by atoms with Gasteiger partial charge < -0.3 is 4.84 Å². The molecule has 0 N–H and O–H groups in total. The first-order valence-corrected chi connectivity index (χ1v) is 4.53. The van der Waals surface area contributed by atoms with Gasteiger partial charge in [0.2, 0.25) is 0 Å². The van der Waals surface area contributed by atoms with E-state index >= 15 is 0 Å². The van der Waals surface area contributed by atoms with Crippen LogP contribution in [0.2, 0.25) is 0 Å². The third kappa shape index (κ3) is 3.47. The lowest BCUT2D eigenvalue weighted by Crippen LogP contribution is -2.23. The number of alkyl halides is 1. The molecule has 1 rings (SSSR count). The maximum Gasteiger partial charge on any atom is 0.467 e. The van der Waals surface area contributed by atoms with Crippen LogP contribution in [0.3, 0.4) is 0 Å². The lowest BCUT2D eigenvalue weighted by atomic mass is 10.4. The van der Waals surface area contributed by atoms with Gasteiger partial charge in [0.25, 0.3) is 0 Å². The van der Waals surface area contributed by atoms with Gasteiger partial charge in [-0.1, -0.05) is 4.36 Å². The molecule has 8 heteroatoms. The van der Waals surface area contributed by atoms with Crippen molar-refractivity contribution in [3.63, 3.8) is 0 Å². The van der Waals surface area contributed by atoms with Gasteiger partial charge in [-0.3, -0.25) is 0 Å². The molecule has 13 heavy (non-hydrogen) atoms. The Balaban J connectivity index is 2.42. The molecule has 0 spiro atoms. The summed E-state index contributed by atoms with van der Waals surface area (Å²) >= 11 is 0. The minimum atomic E-state index is -2.82. The molecule has 0 saturated carbocycles. The average Bonchev–Trinajstić information content (AvgIpc) is 2.33. The van der Waals surface area contributed by atoms with Crippen molar-refractivity contribution in [2.24, 2.45) is 4.36 Å². The molecule has 1 atom stereocenters. The number of carbonyl (C=O) groups excluding carboxylic acids is 1. The number of rotatable bonds is 1. The topological polar surface area (TPSA) is 76.0 Å². The van der Waals surface area contributed by atoms with E-state index < -0.39 is 22.8 Å².